The Hall–Kier alpha value is -1.86. The lowest BCUT2D eigenvalue weighted by Crippen LogP contribution is -2.39. The average Bonchev–Trinajstić information content (AvgIpc) is 2.69. The fourth-order valence-corrected chi connectivity index (χ4v) is 4.16. The number of benzene rings is 1. The van der Waals surface area contributed by atoms with E-state index in [1.807, 2.05) is 23.9 Å². The Labute approximate surface area is 151 Å². The third kappa shape index (κ3) is 3.72. The second-order valence-electron chi connectivity index (χ2n) is 6.16. The predicted molar refractivity (Wildman–Crippen MR) is 98.9 cm³/mol. The van der Waals surface area contributed by atoms with Crippen molar-refractivity contribution in [1.82, 2.24) is 9.97 Å². The molecule has 0 N–H and O–H groups in total. The molecule has 0 aliphatic carbocycles. The Morgan fingerprint density at radius 3 is 2.60 bits per heavy atom. The van der Waals surface area contributed by atoms with Gasteiger partial charge < -0.3 is 14.5 Å². The monoisotopic (exact) mass is 360 g/mol. The van der Waals surface area contributed by atoms with E-state index in [1.165, 1.54) is 6.07 Å². The molecule has 7 heteroatoms. The molecule has 3 heterocycles. The molecule has 2 aliphatic rings. The van der Waals surface area contributed by atoms with E-state index in [1.54, 1.807) is 18.5 Å². The van der Waals surface area contributed by atoms with Crippen LogP contribution in [0.2, 0.25) is 0 Å². The highest BCUT2D eigenvalue weighted by Crippen LogP contribution is 2.28. The number of aromatic nitrogens is 2. The normalized spacial score (nSPS) is 21.4. The number of anilines is 2. The summed E-state index contributed by atoms with van der Waals surface area (Å²) in [5, 5.41) is 0. The Balaban J connectivity index is 1.52. The number of hydrogen-bond acceptors (Lipinski definition) is 6. The molecular formula is C18H21FN4OS. The van der Waals surface area contributed by atoms with Gasteiger partial charge in [-0.25, -0.2) is 14.4 Å². The third-order valence-corrected chi connectivity index (χ3v) is 5.56. The van der Waals surface area contributed by atoms with Crippen molar-refractivity contribution in [2.24, 2.45) is 0 Å². The molecule has 0 saturated carbocycles. The van der Waals surface area contributed by atoms with Crippen LogP contribution in [-0.4, -0.2) is 54.3 Å². The highest BCUT2D eigenvalue weighted by Gasteiger charge is 2.25. The van der Waals surface area contributed by atoms with Gasteiger partial charge in [0.2, 0.25) is 0 Å². The van der Waals surface area contributed by atoms with Crippen LogP contribution in [0, 0.1) is 5.82 Å². The van der Waals surface area contributed by atoms with Crippen molar-refractivity contribution < 1.29 is 9.13 Å². The van der Waals surface area contributed by atoms with Crippen LogP contribution in [0.4, 0.5) is 16.0 Å². The molecule has 2 aliphatic heterocycles. The minimum atomic E-state index is -0.278. The second kappa shape index (κ2) is 7.58. The summed E-state index contributed by atoms with van der Waals surface area (Å²) in [4.78, 5) is 13.3. The van der Waals surface area contributed by atoms with Gasteiger partial charge in [-0.1, -0.05) is 18.2 Å². The smallest absolute Gasteiger partial charge is 0.134 e. The fourth-order valence-electron chi connectivity index (χ4n) is 3.26. The van der Waals surface area contributed by atoms with Gasteiger partial charge >= 0.3 is 0 Å². The number of morpholine rings is 1. The maximum atomic E-state index is 14.1. The number of ether oxygens (including phenoxy) is 1. The van der Waals surface area contributed by atoms with E-state index in [4.69, 9.17) is 4.74 Å². The van der Waals surface area contributed by atoms with Crippen molar-refractivity contribution in [3.63, 3.8) is 0 Å². The van der Waals surface area contributed by atoms with Crippen molar-refractivity contribution in [1.29, 1.82) is 0 Å². The Kier molecular flexibility index (Phi) is 5.03. The van der Waals surface area contributed by atoms with E-state index in [-0.39, 0.29) is 11.9 Å². The van der Waals surface area contributed by atoms with Crippen LogP contribution < -0.4 is 9.80 Å². The van der Waals surface area contributed by atoms with Crippen molar-refractivity contribution in [2.45, 2.75) is 6.10 Å². The van der Waals surface area contributed by atoms with E-state index >= 15 is 0 Å². The molecule has 2 fully saturated rings. The van der Waals surface area contributed by atoms with Gasteiger partial charge in [0, 0.05) is 49.3 Å². The van der Waals surface area contributed by atoms with Crippen LogP contribution in [0.5, 0.6) is 0 Å². The van der Waals surface area contributed by atoms with Crippen molar-refractivity contribution in [3.8, 4) is 0 Å². The molecule has 1 atom stereocenters. The first-order chi connectivity index (χ1) is 12.3. The molecule has 132 valence electrons. The molecule has 25 heavy (non-hydrogen) atoms. The lowest BCUT2D eigenvalue weighted by Gasteiger charge is -2.34. The summed E-state index contributed by atoms with van der Waals surface area (Å²) in [5.74, 6) is 3.90. The predicted octanol–water partition coefficient (Wildman–Crippen LogP) is 2.75. The van der Waals surface area contributed by atoms with Gasteiger partial charge in [0.1, 0.15) is 29.9 Å². The third-order valence-electron chi connectivity index (χ3n) is 4.62. The van der Waals surface area contributed by atoms with Gasteiger partial charge in [-0.05, 0) is 6.07 Å². The Bertz CT molecular complexity index is 726. The zero-order valence-corrected chi connectivity index (χ0v) is 14.8. The first-order valence-corrected chi connectivity index (χ1v) is 9.72. The SMILES string of the molecule is Fc1ccccc1C1CN(c2cc(N3CCSCC3)ncn2)CCO1. The average molecular weight is 360 g/mol. The summed E-state index contributed by atoms with van der Waals surface area (Å²) >= 11 is 1.98. The zero-order chi connectivity index (χ0) is 17.1. The molecule has 0 radical (unpaired) electrons. The first-order valence-electron chi connectivity index (χ1n) is 8.57. The number of hydrogen-bond donors (Lipinski definition) is 0. The summed E-state index contributed by atoms with van der Waals surface area (Å²) in [6.07, 6.45) is 1.35. The van der Waals surface area contributed by atoms with Gasteiger partial charge in [0.05, 0.1) is 6.61 Å². The van der Waals surface area contributed by atoms with E-state index in [9.17, 15) is 4.39 Å². The summed E-state index contributed by atoms with van der Waals surface area (Å²) < 4.78 is 19.9. The first kappa shape index (κ1) is 16.6. The van der Waals surface area contributed by atoms with Crippen molar-refractivity contribution in [2.75, 3.05) is 54.1 Å². The minimum Gasteiger partial charge on any atom is -0.370 e. The highest BCUT2D eigenvalue weighted by molar-refractivity contribution is 7.99. The van der Waals surface area contributed by atoms with Crippen molar-refractivity contribution in [3.05, 3.63) is 48.0 Å². The molecule has 1 aromatic carbocycles. The van der Waals surface area contributed by atoms with E-state index in [2.05, 4.69) is 19.8 Å². The lowest BCUT2D eigenvalue weighted by atomic mass is 10.1. The largest absolute Gasteiger partial charge is 0.370 e. The highest BCUT2D eigenvalue weighted by atomic mass is 32.2. The number of nitrogens with zero attached hydrogens (tertiary/aromatic N) is 4. The number of thioether (sulfide) groups is 1. The van der Waals surface area contributed by atoms with Gasteiger partial charge in [-0.15, -0.1) is 0 Å². The molecule has 2 saturated heterocycles. The lowest BCUT2D eigenvalue weighted by molar-refractivity contribution is 0.0372. The second-order valence-corrected chi connectivity index (χ2v) is 7.39. The van der Waals surface area contributed by atoms with E-state index in [0.717, 1.165) is 42.8 Å². The number of halogens is 1. The number of rotatable bonds is 3. The standard InChI is InChI=1S/C18H21FN4OS/c19-15-4-2-1-3-14(15)16-12-23(5-8-24-16)18-11-17(20-13-21-18)22-6-9-25-10-7-22/h1-4,11,13,16H,5-10,12H2. The Morgan fingerprint density at radius 2 is 1.80 bits per heavy atom. The Morgan fingerprint density at radius 1 is 1.04 bits per heavy atom. The van der Waals surface area contributed by atoms with E-state index < -0.39 is 0 Å². The van der Waals surface area contributed by atoms with Crippen LogP contribution >= 0.6 is 11.8 Å². The maximum absolute atomic E-state index is 14.1. The quantitative estimate of drug-likeness (QED) is 0.838. The zero-order valence-electron chi connectivity index (χ0n) is 14.0. The van der Waals surface area contributed by atoms with Crippen LogP contribution in [0.3, 0.4) is 0 Å². The molecule has 0 amide bonds. The molecular weight excluding hydrogens is 339 g/mol. The summed E-state index contributed by atoms with van der Waals surface area (Å²) in [5.41, 5.74) is 0.606. The topological polar surface area (TPSA) is 41.5 Å². The van der Waals surface area contributed by atoms with Crippen LogP contribution in [0.15, 0.2) is 36.7 Å². The van der Waals surface area contributed by atoms with E-state index in [0.29, 0.717) is 18.7 Å². The summed E-state index contributed by atoms with van der Waals surface area (Å²) in [6.45, 7) is 3.92. The molecule has 0 spiro atoms. The van der Waals surface area contributed by atoms with Crippen LogP contribution in [0.25, 0.3) is 0 Å². The van der Waals surface area contributed by atoms with Gasteiger partial charge in [0.15, 0.2) is 0 Å². The van der Waals surface area contributed by atoms with Crippen LogP contribution in [-0.2, 0) is 4.74 Å². The molecule has 1 unspecified atom stereocenters. The fraction of sp³-hybridized carbons (Fsp3) is 0.444. The summed E-state index contributed by atoms with van der Waals surface area (Å²) in [6, 6.07) is 8.86. The van der Waals surface area contributed by atoms with Gasteiger partial charge in [-0.3, -0.25) is 0 Å². The molecule has 2 aromatic rings. The van der Waals surface area contributed by atoms with Gasteiger partial charge in [-0.2, -0.15) is 11.8 Å². The van der Waals surface area contributed by atoms with Crippen LogP contribution in [0.1, 0.15) is 11.7 Å². The molecule has 5 nitrogen and oxygen atoms in total. The summed E-state index contributed by atoms with van der Waals surface area (Å²) in [7, 11) is 0. The molecule has 1 aromatic heterocycles. The maximum Gasteiger partial charge on any atom is 0.134 e. The van der Waals surface area contributed by atoms with Crippen molar-refractivity contribution >= 4 is 23.4 Å². The molecule has 4 rings (SSSR count). The van der Waals surface area contributed by atoms with Gasteiger partial charge in [0.25, 0.3) is 0 Å². The molecule has 0 bridgehead atoms. The minimum absolute atomic E-state index is 0.219.